The number of ketones is 1. The number of para-hydroxylation sites is 1. The number of nitrogens with one attached hydrogen (secondary N) is 1. The summed E-state index contributed by atoms with van der Waals surface area (Å²) < 4.78 is 15.4. The summed E-state index contributed by atoms with van der Waals surface area (Å²) >= 11 is 0. The topological polar surface area (TPSA) is 108 Å². The maximum absolute atomic E-state index is 13.4. The highest BCUT2D eigenvalue weighted by Gasteiger charge is 2.49. The van der Waals surface area contributed by atoms with Gasteiger partial charge in [0.1, 0.15) is 5.75 Å². The Bertz CT molecular complexity index is 828. The largest absolute Gasteiger partial charge is 0.514 e. The average Bonchev–Trinajstić information content (AvgIpc) is 2.67. The summed E-state index contributed by atoms with van der Waals surface area (Å²) in [6.45, 7) is 3.29. The first-order chi connectivity index (χ1) is 13.3. The van der Waals surface area contributed by atoms with Crippen molar-refractivity contribution in [1.29, 1.82) is 0 Å². The number of hydrogen-bond donors (Lipinski definition) is 1. The first-order valence-electron chi connectivity index (χ1n) is 8.50. The standard InChI is InChI=1S/C20H20NO7/c1-13(2)26-19(25)27-16-10-5-4-9-15(16)17(23)20(28-18(24)21-3)11-7-6-8-14(20)12-22/h4-11,13-14H,1-3H3,(H,21,24). The Hall–Kier alpha value is -3.42. The zero-order chi connectivity index (χ0) is 20.7. The lowest BCUT2D eigenvalue weighted by atomic mass is 9.78. The van der Waals surface area contributed by atoms with Crippen molar-refractivity contribution in [1.82, 2.24) is 5.32 Å². The van der Waals surface area contributed by atoms with Crippen molar-refractivity contribution in [3.8, 4) is 5.75 Å². The lowest BCUT2D eigenvalue weighted by Gasteiger charge is -2.33. The number of benzene rings is 1. The Balaban J connectivity index is 2.47. The molecule has 28 heavy (non-hydrogen) atoms. The third-order valence-electron chi connectivity index (χ3n) is 3.82. The smallest absolute Gasteiger partial charge is 0.431 e. The van der Waals surface area contributed by atoms with E-state index in [1.54, 1.807) is 32.3 Å². The maximum Gasteiger partial charge on any atom is 0.514 e. The molecule has 0 aliphatic heterocycles. The molecule has 1 amide bonds. The quantitative estimate of drug-likeness (QED) is 0.455. The van der Waals surface area contributed by atoms with Gasteiger partial charge in [-0.25, -0.2) is 9.59 Å². The van der Waals surface area contributed by atoms with Gasteiger partial charge in [-0.1, -0.05) is 30.4 Å². The van der Waals surface area contributed by atoms with Gasteiger partial charge in [0.05, 0.1) is 17.6 Å². The molecular weight excluding hydrogens is 366 g/mol. The summed E-state index contributed by atoms with van der Waals surface area (Å²) in [5.74, 6) is -2.03. The Morgan fingerprint density at radius 3 is 2.54 bits per heavy atom. The Kier molecular flexibility index (Phi) is 6.70. The van der Waals surface area contributed by atoms with Crippen LogP contribution in [-0.2, 0) is 14.3 Å². The van der Waals surface area contributed by atoms with Crippen LogP contribution in [0.3, 0.4) is 0 Å². The van der Waals surface area contributed by atoms with E-state index in [2.05, 4.69) is 5.32 Å². The number of allylic oxidation sites excluding steroid dienone is 2. The minimum atomic E-state index is -1.97. The van der Waals surface area contributed by atoms with E-state index >= 15 is 0 Å². The second-order valence-corrected chi connectivity index (χ2v) is 6.12. The number of carbonyl (C=O) groups excluding carboxylic acids is 4. The van der Waals surface area contributed by atoms with Gasteiger partial charge in [0.15, 0.2) is 0 Å². The number of rotatable bonds is 6. The Labute approximate surface area is 162 Å². The number of ether oxygens (including phenoxy) is 3. The summed E-state index contributed by atoms with van der Waals surface area (Å²) in [4.78, 5) is 48.6. The molecule has 2 atom stereocenters. The normalized spacial score (nSPS) is 20.4. The molecular formula is C20H20NO7. The van der Waals surface area contributed by atoms with Gasteiger partial charge in [-0.2, -0.15) is 0 Å². The van der Waals surface area contributed by atoms with E-state index in [0.29, 0.717) is 0 Å². The van der Waals surface area contributed by atoms with Gasteiger partial charge in [-0.15, -0.1) is 0 Å². The minimum Gasteiger partial charge on any atom is -0.431 e. The molecule has 8 heteroatoms. The zero-order valence-corrected chi connectivity index (χ0v) is 15.6. The molecule has 2 rings (SSSR count). The lowest BCUT2D eigenvalue weighted by molar-refractivity contribution is 0.0283. The van der Waals surface area contributed by atoms with Gasteiger partial charge >= 0.3 is 12.2 Å². The van der Waals surface area contributed by atoms with Crippen molar-refractivity contribution in [2.75, 3.05) is 7.05 Å². The molecule has 147 valence electrons. The van der Waals surface area contributed by atoms with E-state index in [9.17, 15) is 19.2 Å². The van der Waals surface area contributed by atoms with Crippen LogP contribution in [0.2, 0.25) is 0 Å². The van der Waals surface area contributed by atoms with Crippen molar-refractivity contribution in [3.63, 3.8) is 0 Å². The highest BCUT2D eigenvalue weighted by atomic mass is 16.7. The second kappa shape index (κ2) is 8.98. The average molecular weight is 386 g/mol. The molecule has 1 aliphatic carbocycles. The van der Waals surface area contributed by atoms with E-state index in [1.807, 2.05) is 0 Å². The summed E-state index contributed by atoms with van der Waals surface area (Å²) in [6, 6.07) is 5.89. The van der Waals surface area contributed by atoms with E-state index in [0.717, 1.165) is 0 Å². The van der Waals surface area contributed by atoms with E-state index < -0.39 is 35.7 Å². The van der Waals surface area contributed by atoms with Crippen LogP contribution in [0.5, 0.6) is 5.75 Å². The molecule has 1 aromatic rings. The molecule has 1 N–H and O–H groups in total. The van der Waals surface area contributed by atoms with Crippen LogP contribution >= 0.6 is 0 Å². The van der Waals surface area contributed by atoms with Gasteiger partial charge in [0.2, 0.25) is 17.7 Å². The molecule has 0 saturated carbocycles. The van der Waals surface area contributed by atoms with E-state index in [4.69, 9.17) is 14.2 Å². The molecule has 1 aromatic carbocycles. The van der Waals surface area contributed by atoms with Crippen LogP contribution in [0.25, 0.3) is 0 Å². The fraction of sp³-hybridized carbons (Fsp3) is 0.300. The van der Waals surface area contributed by atoms with Gasteiger partial charge in [-0.05, 0) is 32.1 Å². The van der Waals surface area contributed by atoms with Gasteiger partial charge in [0.25, 0.3) is 0 Å². The van der Waals surface area contributed by atoms with Crippen LogP contribution in [0.4, 0.5) is 9.59 Å². The van der Waals surface area contributed by atoms with Crippen molar-refractivity contribution in [2.45, 2.75) is 25.6 Å². The summed E-state index contributed by atoms with van der Waals surface area (Å²) in [5, 5.41) is 2.25. The van der Waals surface area contributed by atoms with Crippen LogP contribution in [0, 0.1) is 5.92 Å². The highest BCUT2D eigenvalue weighted by Crippen LogP contribution is 2.34. The molecule has 0 spiro atoms. The Morgan fingerprint density at radius 1 is 1.18 bits per heavy atom. The Morgan fingerprint density at radius 2 is 1.89 bits per heavy atom. The zero-order valence-electron chi connectivity index (χ0n) is 15.6. The molecule has 1 aliphatic rings. The molecule has 2 unspecified atom stereocenters. The summed E-state index contributed by atoms with van der Waals surface area (Å²) in [5.41, 5.74) is -2.04. The van der Waals surface area contributed by atoms with Crippen molar-refractivity contribution in [2.24, 2.45) is 5.92 Å². The summed E-state index contributed by atoms with van der Waals surface area (Å²) in [6.07, 6.45) is 5.10. The van der Waals surface area contributed by atoms with Gasteiger partial charge in [0, 0.05) is 7.05 Å². The molecule has 0 bridgehead atoms. The van der Waals surface area contributed by atoms with Crippen LogP contribution in [0.15, 0.2) is 48.6 Å². The summed E-state index contributed by atoms with van der Waals surface area (Å²) in [7, 11) is 1.32. The molecule has 8 nitrogen and oxygen atoms in total. The monoisotopic (exact) mass is 386 g/mol. The van der Waals surface area contributed by atoms with E-state index in [1.165, 1.54) is 43.5 Å². The molecule has 1 radical (unpaired) electrons. The van der Waals surface area contributed by atoms with Crippen molar-refractivity contribution < 1.29 is 33.4 Å². The highest BCUT2D eigenvalue weighted by molar-refractivity contribution is 6.09. The number of Topliss-reactive ketones (excluding diaryl/α,β-unsaturated/α-hetero) is 1. The fourth-order valence-electron chi connectivity index (χ4n) is 2.57. The minimum absolute atomic E-state index is 0.0627. The maximum atomic E-state index is 13.4. The first-order valence-corrected chi connectivity index (χ1v) is 8.50. The molecule has 0 saturated heterocycles. The lowest BCUT2D eigenvalue weighted by Crippen LogP contribution is -2.50. The van der Waals surface area contributed by atoms with E-state index in [-0.39, 0.29) is 11.3 Å². The first kappa shape index (κ1) is 20.9. The van der Waals surface area contributed by atoms with Crippen LogP contribution in [-0.4, -0.2) is 43.1 Å². The number of alkyl carbamates (subject to hydrolysis) is 1. The van der Waals surface area contributed by atoms with Crippen molar-refractivity contribution in [3.05, 3.63) is 54.1 Å². The van der Waals surface area contributed by atoms with Gasteiger partial charge < -0.3 is 19.5 Å². The third-order valence-corrected chi connectivity index (χ3v) is 3.82. The van der Waals surface area contributed by atoms with Crippen molar-refractivity contribution >= 4 is 24.3 Å². The third kappa shape index (κ3) is 4.46. The molecule has 0 fully saturated rings. The molecule has 0 aromatic heterocycles. The predicted molar refractivity (Wildman–Crippen MR) is 98.8 cm³/mol. The fourth-order valence-corrected chi connectivity index (χ4v) is 2.57. The van der Waals surface area contributed by atoms with Gasteiger partial charge in [-0.3, -0.25) is 9.59 Å². The number of carbonyl (C=O) groups is 3. The number of amides is 1. The number of hydrogen-bond acceptors (Lipinski definition) is 7. The SMILES string of the molecule is CNC(=O)OC1(C(=O)c2ccccc2OC(=O)OC(C)C)C=CC=CC1[C]=O. The molecule has 0 heterocycles. The van der Waals surface area contributed by atoms with Crippen LogP contribution < -0.4 is 10.1 Å². The second-order valence-electron chi connectivity index (χ2n) is 6.12. The van der Waals surface area contributed by atoms with Crippen LogP contribution in [0.1, 0.15) is 24.2 Å². The predicted octanol–water partition coefficient (Wildman–Crippen LogP) is 2.74.